The minimum atomic E-state index is -3.12. The van der Waals surface area contributed by atoms with E-state index in [-0.39, 0.29) is 0 Å². The van der Waals surface area contributed by atoms with Crippen molar-refractivity contribution in [1.29, 1.82) is 0 Å². The molecule has 0 radical (unpaired) electrons. The van der Waals surface area contributed by atoms with E-state index in [1.54, 1.807) is 0 Å². The minimum absolute atomic E-state index is 0.629. The smallest absolute Gasteiger partial charge is 0.254 e. The van der Waals surface area contributed by atoms with Crippen molar-refractivity contribution >= 4 is 17.3 Å². The lowest BCUT2D eigenvalue weighted by Crippen LogP contribution is -1.83. The monoisotopic (exact) mass is 216 g/mol. The van der Waals surface area contributed by atoms with Crippen LogP contribution < -0.4 is 0 Å². The molecule has 1 N–H and O–H groups in total. The SMILES string of the molecule is O=CCCc1ccccc1.O=[SH](=O)O. The zero-order chi connectivity index (χ0) is 10.8. The number of aryl methyl sites for hydroxylation is 1. The molecule has 0 spiro atoms. The molecular weight excluding hydrogens is 204 g/mol. The molecule has 0 aliphatic heterocycles. The largest absolute Gasteiger partial charge is 0.303 e. The van der Waals surface area contributed by atoms with Crippen molar-refractivity contribution < 1.29 is 17.8 Å². The fourth-order valence-electron chi connectivity index (χ4n) is 0.870. The Hall–Kier alpha value is -1.20. The molecule has 78 valence electrons. The van der Waals surface area contributed by atoms with Crippen LogP contribution in [0.1, 0.15) is 12.0 Å². The maximum atomic E-state index is 9.98. The summed E-state index contributed by atoms with van der Waals surface area (Å²) in [7, 11) is -3.12. The first-order valence-electron chi connectivity index (χ1n) is 3.97. The van der Waals surface area contributed by atoms with E-state index in [4.69, 9.17) is 13.0 Å². The second-order valence-electron chi connectivity index (χ2n) is 2.43. The summed E-state index contributed by atoms with van der Waals surface area (Å²) in [6.45, 7) is 0. The molecule has 0 aliphatic carbocycles. The molecule has 1 aromatic rings. The van der Waals surface area contributed by atoms with Gasteiger partial charge in [-0.05, 0) is 12.0 Å². The van der Waals surface area contributed by atoms with E-state index in [9.17, 15) is 4.79 Å². The van der Waals surface area contributed by atoms with Gasteiger partial charge in [0.15, 0.2) is 0 Å². The lowest BCUT2D eigenvalue weighted by atomic mass is 10.1. The van der Waals surface area contributed by atoms with Crippen LogP contribution in [0.3, 0.4) is 0 Å². The fourth-order valence-corrected chi connectivity index (χ4v) is 0.870. The van der Waals surface area contributed by atoms with Gasteiger partial charge in [-0.2, -0.15) is 0 Å². The Morgan fingerprint density at radius 3 is 2.14 bits per heavy atom. The molecule has 0 fully saturated rings. The van der Waals surface area contributed by atoms with Gasteiger partial charge in [0.05, 0.1) is 0 Å². The summed E-state index contributed by atoms with van der Waals surface area (Å²) in [5.74, 6) is 0. The Morgan fingerprint density at radius 1 is 1.21 bits per heavy atom. The summed E-state index contributed by atoms with van der Waals surface area (Å²) < 4.78 is 24.2. The third kappa shape index (κ3) is 8.89. The zero-order valence-corrected chi connectivity index (χ0v) is 8.39. The third-order valence-corrected chi connectivity index (χ3v) is 1.39. The number of aldehydes is 1. The van der Waals surface area contributed by atoms with Crippen LogP contribution in [-0.2, 0) is 22.2 Å². The van der Waals surface area contributed by atoms with Crippen molar-refractivity contribution in [3.8, 4) is 0 Å². The van der Waals surface area contributed by atoms with Gasteiger partial charge in [-0.3, -0.25) is 4.55 Å². The van der Waals surface area contributed by atoms with Gasteiger partial charge in [0, 0.05) is 6.42 Å². The molecule has 0 heterocycles. The highest BCUT2D eigenvalue weighted by Crippen LogP contribution is 2.00. The second kappa shape index (κ2) is 8.40. The maximum absolute atomic E-state index is 9.98. The lowest BCUT2D eigenvalue weighted by molar-refractivity contribution is -0.107. The number of rotatable bonds is 3. The van der Waals surface area contributed by atoms with E-state index in [0.717, 1.165) is 12.7 Å². The molecule has 0 bridgehead atoms. The van der Waals surface area contributed by atoms with Crippen LogP contribution in [0.25, 0.3) is 0 Å². The normalized spacial score (nSPS) is 9.00. The number of benzene rings is 1. The van der Waals surface area contributed by atoms with Crippen molar-refractivity contribution in [2.24, 2.45) is 0 Å². The van der Waals surface area contributed by atoms with Crippen molar-refractivity contribution in [1.82, 2.24) is 0 Å². The summed E-state index contributed by atoms with van der Waals surface area (Å²) in [4.78, 5) is 9.98. The second-order valence-corrected chi connectivity index (χ2v) is 2.90. The molecule has 1 aromatic carbocycles. The number of carbonyl (C=O) groups excluding carboxylic acids is 1. The van der Waals surface area contributed by atoms with Gasteiger partial charge >= 0.3 is 0 Å². The van der Waals surface area contributed by atoms with Gasteiger partial charge in [-0.25, -0.2) is 8.42 Å². The lowest BCUT2D eigenvalue weighted by Gasteiger charge is -1.93. The van der Waals surface area contributed by atoms with Gasteiger partial charge in [0.1, 0.15) is 6.29 Å². The topological polar surface area (TPSA) is 71.4 Å². The highest BCUT2D eigenvalue weighted by atomic mass is 32.2. The summed E-state index contributed by atoms with van der Waals surface area (Å²) >= 11 is 0. The van der Waals surface area contributed by atoms with Crippen molar-refractivity contribution in [2.45, 2.75) is 12.8 Å². The average molecular weight is 216 g/mol. The van der Waals surface area contributed by atoms with Crippen LogP contribution in [0.5, 0.6) is 0 Å². The highest BCUT2D eigenvalue weighted by Gasteiger charge is 1.87. The Labute approximate surface area is 84.4 Å². The molecule has 0 saturated carbocycles. The molecule has 0 saturated heterocycles. The first-order valence-corrected chi connectivity index (χ1v) is 5.10. The molecule has 14 heavy (non-hydrogen) atoms. The number of hydrogen-bond donors (Lipinski definition) is 2. The van der Waals surface area contributed by atoms with E-state index in [1.165, 1.54) is 5.56 Å². The molecule has 5 heteroatoms. The van der Waals surface area contributed by atoms with E-state index in [1.807, 2.05) is 30.3 Å². The predicted octanol–water partition coefficient (Wildman–Crippen LogP) is 0.889. The van der Waals surface area contributed by atoms with Crippen molar-refractivity contribution in [3.05, 3.63) is 35.9 Å². The summed E-state index contributed by atoms with van der Waals surface area (Å²) in [6, 6.07) is 10.0. The van der Waals surface area contributed by atoms with Crippen molar-refractivity contribution in [2.75, 3.05) is 0 Å². The van der Waals surface area contributed by atoms with Gasteiger partial charge in [0.25, 0.3) is 11.0 Å². The quantitative estimate of drug-likeness (QED) is 0.447. The highest BCUT2D eigenvalue weighted by molar-refractivity contribution is 7.66. The molecule has 0 aliphatic rings. The molecule has 0 unspecified atom stereocenters. The van der Waals surface area contributed by atoms with E-state index in [0.29, 0.717) is 6.42 Å². The number of carbonyl (C=O) groups is 1. The molecule has 1 rings (SSSR count). The Balaban J connectivity index is 0.000000364. The van der Waals surface area contributed by atoms with Gasteiger partial charge in [-0.1, -0.05) is 30.3 Å². The predicted molar refractivity (Wildman–Crippen MR) is 53.8 cm³/mol. The van der Waals surface area contributed by atoms with Crippen LogP contribution >= 0.6 is 0 Å². The first-order chi connectivity index (χ1) is 6.66. The summed E-state index contributed by atoms with van der Waals surface area (Å²) in [5, 5.41) is 0. The van der Waals surface area contributed by atoms with E-state index < -0.39 is 11.0 Å². The fraction of sp³-hybridized carbons (Fsp3) is 0.222. The van der Waals surface area contributed by atoms with Crippen LogP contribution in [0.4, 0.5) is 0 Å². The van der Waals surface area contributed by atoms with Crippen LogP contribution in [-0.4, -0.2) is 19.3 Å². The Kier molecular flexibility index (Phi) is 7.68. The first kappa shape index (κ1) is 12.8. The summed E-state index contributed by atoms with van der Waals surface area (Å²) in [5.41, 5.74) is 1.23. The van der Waals surface area contributed by atoms with Crippen LogP contribution in [0, 0.1) is 0 Å². The van der Waals surface area contributed by atoms with Crippen LogP contribution in [0.2, 0.25) is 0 Å². The van der Waals surface area contributed by atoms with E-state index in [2.05, 4.69) is 0 Å². The third-order valence-electron chi connectivity index (χ3n) is 1.39. The maximum Gasteiger partial charge on any atom is 0.254 e. The van der Waals surface area contributed by atoms with E-state index >= 15 is 0 Å². The molecular formula is C9H12O4S. The molecule has 0 atom stereocenters. The Bertz CT molecular complexity index is 311. The number of hydrogen-bond acceptors (Lipinski definition) is 3. The standard InChI is InChI=1S/C9H10O.H2O3S/c10-8-4-7-9-5-2-1-3-6-9;1-4(2)3/h1-3,5-6,8H,4,7H2;4H,(H,1,2,3). The minimum Gasteiger partial charge on any atom is -0.303 e. The van der Waals surface area contributed by atoms with Gasteiger partial charge in [0.2, 0.25) is 0 Å². The molecule has 4 nitrogen and oxygen atoms in total. The summed E-state index contributed by atoms with van der Waals surface area (Å²) in [6.07, 6.45) is 2.45. The van der Waals surface area contributed by atoms with Gasteiger partial charge < -0.3 is 4.79 Å². The molecule has 0 aromatic heterocycles. The Morgan fingerprint density at radius 2 is 1.71 bits per heavy atom. The number of thiol groups is 1. The van der Waals surface area contributed by atoms with Gasteiger partial charge in [-0.15, -0.1) is 0 Å². The van der Waals surface area contributed by atoms with Crippen molar-refractivity contribution in [3.63, 3.8) is 0 Å². The van der Waals surface area contributed by atoms with Crippen LogP contribution in [0.15, 0.2) is 30.3 Å². The average Bonchev–Trinajstić information content (AvgIpc) is 2.15. The molecule has 0 amide bonds. The zero-order valence-electron chi connectivity index (χ0n) is 7.50.